The standard InChI is InChI=1S/C12H19N3O3/c1-8(2)18-10-7-9(3)13-12(14-10)15(4)6-5-11(16)17/h7-8H,5-6H2,1-4H3,(H,16,17). The zero-order valence-corrected chi connectivity index (χ0v) is 11.2. The first-order chi connectivity index (χ1) is 8.38. The van der Waals surface area contributed by atoms with Crippen molar-refractivity contribution in [3.8, 4) is 5.88 Å². The van der Waals surface area contributed by atoms with Crippen LogP contribution in [0.3, 0.4) is 0 Å². The van der Waals surface area contributed by atoms with Crippen LogP contribution in [-0.2, 0) is 4.79 Å². The van der Waals surface area contributed by atoms with Gasteiger partial charge < -0.3 is 14.7 Å². The molecule has 0 aliphatic carbocycles. The van der Waals surface area contributed by atoms with Crippen molar-refractivity contribution >= 4 is 11.9 Å². The Morgan fingerprint density at radius 2 is 2.17 bits per heavy atom. The topological polar surface area (TPSA) is 75.5 Å². The van der Waals surface area contributed by atoms with Crippen molar-refractivity contribution < 1.29 is 14.6 Å². The van der Waals surface area contributed by atoms with Crippen LogP contribution in [0.1, 0.15) is 26.0 Å². The Balaban J connectivity index is 2.81. The van der Waals surface area contributed by atoms with E-state index in [0.29, 0.717) is 18.4 Å². The molecule has 0 aliphatic heterocycles. The number of anilines is 1. The molecule has 1 N–H and O–H groups in total. The fourth-order valence-electron chi connectivity index (χ4n) is 1.36. The van der Waals surface area contributed by atoms with Gasteiger partial charge in [-0.2, -0.15) is 4.98 Å². The summed E-state index contributed by atoms with van der Waals surface area (Å²) in [7, 11) is 1.76. The Labute approximate surface area is 107 Å². The van der Waals surface area contributed by atoms with Crippen molar-refractivity contribution in [2.24, 2.45) is 0 Å². The van der Waals surface area contributed by atoms with Crippen LogP contribution in [0.15, 0.2) is 6.07 Å². The molecular formula is C12H19N3O3. The molecule has 100 valence electrons. The summed E-state index contributed by atoms with van der Waals surface area (Å²) in [6, 6.07) is 1.76. The molecule has 0 aromatic carbocycles. The second kappa shape index (κ2) is 6.18. The van der Waals surface area contributed by atoms with E-state index in [-0.39, 0.29) is 12.5 Å². The van der Waals surface area contributed by atoms with E-state index in [4.69, 9.17) is 9.84 Å². The van der Waals surface area contributed by atoms with Crippen molar-refractivity contribution in [2.75, 3.05) is 18.5 Å². The fraction of sp³-hybridized carbons (Fsp3) is 0.583. The number of hydrogen-bond donors (Lipinski definition) is 1. The molecule has 0 bridgehead atoms. The second-order valence-corrected chi connectivity index (χ2v) is 4.38. The van der Waals surface area contributed by atoms with E-state index in [2.05, 4.69) is 9.97 Å². The van der Waals surface area contributed by atoms with Gasteiger partial charge in [0.1, 0.15) is 0 Å². The van der Waals surface area contributed by atoms with Crippen molar-refractivity contribution in [3.63, 3.8) is 0 Å². The van der Waals surface area contributed by atoms with Gasteiger partial charge in [0.05, 0.1) is 12.5 Å². The number of aryl methyl sites for hydroxylation is 1. The molecule has 0 saturated carbocycles. The van der Waals surface area contributed by atoms with Crippen LogP contribution < -0.4 is 9.64 Å². The Morgan fingerprint density at radius 1 is 1.50 bits per heavy atom. The largest absolute Gasteiger partial charge is 0.481 e. The predicted octanol–water partition coefficient (Wildman–Crippen LogP) is 1.48. The minimum atomic E-state index is -0.840. The Hall–Kier alpha value is -1.85. The van der Waals surface area contributed by atoms with Gasteiger partial charge in [-0.3, -0.25) is 4.79 Å². The SMILES string of the molecule is Cc1cc(OC(C)C)nc(N(C)CCC(=O)O)n1. The molecule has 6 nitrogen and oxygen atoms in total. The number of aliphatic carboxylic acids is 1. The smallest absolute Gasteiger partial charge is 0.305 e. The normalized spacial score (nSPS) is 10.5. The van der Waals surface area contributed by atoms with E-state index in [1.165, 1.54) is 0 Å². The van der Waals surface area contributed by atoms with Gasteiger partial charge in [-0.25, -0.2) is 4.98 Å². The van der Waals surface area contributed by atoms with Crippen LogP contribution in [0, 0.1) is 6.92 Å². The molecule has 0 unspecified atom stereocenters. The lowest BCUT2D eigenvalue weighted by Crippen LogP contribution is -2.23. The van der Waals surface area contributed by atoms with E-state index in [0.717, 1.165) is 5.69 Å². The van der Waals surface area contributed by atoms with Crippen molar-refractivity contribution in [1.82, 2.24) is 9.97 Å². The fourth-order valence-corrected chi connectivity index (χ4v) is 1.36. The van der Waals surface area contributed by atoms with Crippen LogP contribution in [0.25, 0.3) is 0 Å². The zero-order chi connectivity index (χ0) is 13.7. The van der Waals surface area contributed by atoms with Crippen LogP contribution in [-0.4, -0.2) is 40.7 Å². The molecule has 0 atom stereocenters. The second-order valence-electron chi connectivity index (χ2n) is 4.38. The molecule has 1 aromatic rings. The lowest BCUT2D eigenvalue weighted by atomic mass is 10.4. The number of rotatable bonds is 6. The van der Waals surface area contributed by atoms with Crippen LogP contribution in [0.5, 0.6) is 5.88 Å². The number of carboxylic acids is 1. The third-order valence-corrected chi connectivity index (χ3v) is 2.18. The summed E-state index contributed by atoms with van der Waals surface area (Å²) in [6.45, 7) is 6.06. The monoisotopic (exact) mass is 253 g/mol. The lowest BCUT2D eigenvalue weighted by Gasteiger charge is -2.17. The van der Waals surface area contributed by atoms with E-state index < -0.39 is 5.97 Å². The molecule has 18 heavy (non-hydrogen) atoms. The van der Waals surface area contributed by atoms with Crippen molar-refractivity contribution in [2.45, 2.75) is 33.3 Å². The third kappa shape index (κ3) is 4.57. The number of hydrogen-bond acceptors (Lipinski definition) is 5. The Kier molecular flexibility index (Phi) is 4.88. The van der Waals surface area contributed by atoms with Crippen molar-refractivity contribution in [1.29, 1.82) is 0 Å². The van der Waals surface area contributed by atoms with Crippen LogP contribution >= 0.6 is 0 Å². The quantitative estimate of drug-likeness (QED) is 0.827. The first kappa shape index (κ1) is 14.2. The van der Waals surface area contributed by atoms with Gasteiger partial charge in [0.25, 0.3) is 0 Å². The Morgan fingerprint density at radius 3 is 2.72 bits per heavy atom. The van der Waals surface area contributed by atoms with Gasteiger partial charge in [0, 0.05) is 25.4 Å². The summed E-state index contributed by atoms with van der Waals surface area (Å²) in [5, 5.41) is 8.65. The van der Waals surface area contributed by atoms with Gasteiger partial charge in [-0.1, -0.05) is 0 Å². The summed E-state index contributed by atoms with van der Waals surface area (Å²) in [4.78, 5) is 20.7. The highest BCUT2D eigenvalue weighted by atomic mass is 16.5. The summed E-state index contributed by atoms with van der Waals surface area (Å²) < 4.78 is 5.52. The van der Waals surface area contributed by atoms with E-state index in [1.807, 2.05) is 20.8 Å². The third-order valence-electron chi connectivity index (χ3n) is 2.18. The molecule has 0 aliphatic rings. The first-order valence-corrected chi connectivity index (χ1v) is 5.83. The molecule has 0 radical (unpaired) electrons. The van der Waals surface area contributed by atoms with E-state index in [9.17, 15) is 4.79 Å². The number of carboxylic acid groups (broad SMARTS) is 1. The average Bonchev–Trinajstić information content (AvgIpc) is 2.23. The van der Waals surface area contributed by atoms with Gasteiger partial charge in [0.15, 0.2) is 0 Å². The predicted molar refractivity (Wildman–Crippen MR) is 68.1 cm³/mol. The maximum Gasteiger partial charge on any atom is 0.305 e. The zero-order valence-electron chi connectivity index (χ0n) is 11.2. The molecule has 0 fully saturated rings. The Bertz CT molecular complexity index is 421. The number of aromatic nitrogens is 2. The minimum Gasteiger partial charge on any atom is -0.481 e. The van der Waals surface area contributed by atoms with Gasteiger partial charge in [-0.15, -0.1) is 0 Å². The minimum absolute atomic E-state index is 0.0384. The van der Waals surface area contributed by atoms with Gasteiger partial charge in [0.2, 0.25) is 11.8 Å². The maximum atomic E-state index is 10.5. The average molecular weight is 253 g/mol. The first-order valence-electron chi connectivity index (χ1n) is 5.83. The van der Waals surface area contributed by atoms with Crippen LogP contribution in [0.2, 0.25) is 0 Å². The van der Waals surface area contributed by atoms with Crippen molar-refractivity contribution in [3.05, 3.63) is 11.8 Å². The molecular weight excluding hydrogens is 234 g/mol. The van der Waals surface area contributed by atoms with Gasteiger partial charge >= 0.3 is 5.97 Å². The summed E-state index contributed by atoms with van der Waals surface area (Å²) in [5.74, 6) is 0.148. The highest BCUT2D eigenvalue weighted by molar-refractivity contribution is 5.67. The molecule has 0 spiro atoms. The summed E-state index contributed by atoms with van der Waals surface area (Å²) >= 11 is 0. The van der Waals surface area contributed by atoms with Crippen LogP contribution in [0.4, 0.5) is 5.95 Å². The van der Waals surface area contributed by atoms with E-state index in [1.54, 1.807) is 18.0 Å². The number of nitrogens with zero attached hydrogens (tertiary/aromatic N) is 3. The summed E-state index contributed by atoms with van der Waals surface area (Å²) in [6.07, 6.45) is 0.0882. The highest BCUT2D eigenvalue weighted by Gasteiger charge is 2.10. The molecule has 0 saturated heterocycles. The van der Waals surface area contributed by atoms with E-state index >= 15 is 0 Å². The lowest BCUT2D eigenvalue weighted by molar-refractivity contribution is -0.136. The maximum absolute atomic E-state index is 10.5. The molecule has 1 rings (SSSR count). The number of ether oxygens (including phenoxy) is 1. The summed E-state index contributed by atoms with van der Waals surface area (Å²) in [5.41, 5.74) is 0.790. The molecule has 1 aromatic heterocycles. The molecule has 1 heterocycles. The molecule has 6 heteroatoms. The highest BCUT2D eigenvalue weighted by Crippen LogP contribution is 2.15. The molecule has 0 amide bonds. The van der Waals surface area contributed by atoms with Gasteiger partial charge in [-0.05, 0) is 20.8 Å². The number of carbonyl (C=O) groups is 1.